The molecule has 1 amide bonds. The average Bonchev–Trinajstić information content (AvgIpc) is 3.10. The number of carbonyl (C=O) groups excluding carboxylic acids is 1. The zero-order valence-corrected chi connectivity index (χ0v) is 10.0. The van der Waals surface area contributed by atoms with Gasteiger partial charge >= 0.3 is 0 Å². The highest BCUT2D eigenvalue weighted by Crippen LogP contribution is 2.31. The lowest BCUT2D eigenvalue weighted by molar-refractivity contribution is 0.0951. The van der Waals surface area contributed by atoms with Crippen molar-refractivity contribution in [3.63, 3.8) is 0 Å². The number of benzene rings is 1. The molecule has 0 saturated heterocycles. The van der Waals surface area contributed by atoms with Gasteiger partial charge in [-0.3, -0.25) is 4.79 Å². The summed E-state index contributed by atoms with van der Waals surface area (Å²) in [5, 5.41) is 2.77. The topological polar surface area (TPSA) is 64.4 Å². The highest BCUT2D eigenvalue weighted by Gasteiger charge is 2.23. The third-order valence-corrected chi connectivity index (χ3v) is 2.76. The van der Waals surface area contributed by atoms with Crippen LogP contribution in [0, 0.1) is 5.92 Å². The molecule has 0 heterocycles. The van der Waals surface area contributed by atoms with Crippen LogP contribution < -0.4 is 15.8 Å². The average molecular weight is 234 g/mol. The number of nitrogens with two attached hydrogens (primary N) is 1. The van der Waals surface area contributed by atoms with Crippen molar-refractivity contribution in [2.24, 2.45) is 5.92 Å². The fourth-order valence-corrected chi connectivity index (χ4v) is 1.59. The van der Waals surface area contributed by atoms with Gasteiger partial charge in [0.1, 0.15) is 5.75 Å². The van der Waals surface area contributed by atoms with Crippen LogP contribution in [0.5, 0.6) is 5.75 Å². The van der Waals surface area contributed by atoms with Crippen molar-refractivity contribution >= 4 is 11.6 Å². The van der Waals surface area contributed by atoms with Gasteiger partial charge in [-0.25, -0.2) is 0 Å². The minimum atomic E-state index is -0.113. The molecular weight excluding hydrogens is 216 g/mol. The molecule has 1 fully saturated rings. The Bertz CT molecular complexity index is 414. The van der Waals surface area contributed by atoms with Crippen molar-refractivity contribution < 1.29 is 9.53 Å². The van der Waals surface area contributed by atoms with Gasteiger partial charge in [0.05, 0.1) is 12.2 Å². The number of ether oxygens (including phenoxy) is 1. The third kappa shape index (κ3) is 3.12. The van der Waals surface area contributed by atoms with Gasteiger partial charge < -0.3 is 15.8 Å². The number of anilines is 1. The van der Waals surface area contributed by atoms with Crippen LogP contribution in [-0.2, 0) is 0 Å². The maximum atomic E-state index is 11.8. The monoisotopic (exact) mass is 234 g/mol. The van der Waals surface area contributed by atoms with Crippen molar-refractivity contribution in [1.29, 1.82) is 0 Å². The molecular formula is C13H18N2O2. The number of rotatable bonds is 5. The highest BCUT2D eigenvalue weighted by atomic mass is 16.5. The van der Waals surface area contributed by atoms with Gasteiger partial charge in [0.15, 0.2) is 0 Å². The Morgan fingerprint density at radius 1 is 1.53 bits per heavy atom. The normalized spacial score (nSPS) is 14.4. The fourth-order valence-electron chi connectivity index (χ4n) is 1.59. The van der Waals surface area contributed by atoms with Crippen LogP contribution in [0.15, 0.2) is 18.2 Å². The molecule has 1 aromatic rings. The zero-order chi connectivity index (χ0) is 12.3. The standard InChI is InChI=1S/C13H18N2O2/c1-2-15-13(16)11-6-5-10(14)7-12(11)17-8-9-3-4-9/h5-7,9H,2-4,8,14H2,1H3,(H,15,16). The van der Waals surface area contributed by atoms with Crippen molar-refractivity contribution in [3.8, 4) is 5.75 Å². The number of nitrogen functional groups attached to an aromatic ring is 1. The quantitative estimate of drug-likeness (QED) is 0.764. The first-order valence-electron chi connectivity index (χ1n) is 6.01. The molecule has 1 saturated carbocycles. The molecule has 3 N–H and O–H groups in total. The first kappa shape index (κ1) is 11.8. The molecule has 0 atom stereocenters. The molecule has 1 aromatic carbocycles. The van der Waals surface area contributed by atoms with Crippen molar-refractivity contribution in [2.45, 2.75) is 19.8 Å². The summed E-state index contributed by atoms with van der Waals surface area (Å²) in [6.07, 6.45) is 2.44. The number of hydrogen-bond acceptors (Lipinski definition) is 3. The minimum Gasteiger partial charge on any atom is -0.492 e. The van der Waals surface area contributed by atoms with E-state index in [2.05, 4.69) is 5.32 Å². The summed E-state index contributed by atoms with van der Waals surface area (Å²) in [4.78, 5) is 11.8. The molecule has 92 valence electrons. The molecule has 4 nitrogen and oxygen atoms in total. The summed E-state index contributed by atoms with van der Waals surface area (Å²) in [5.74, 6) is 1.12. The Morgan fingerprint density at radius 3 is 2.94 bits per heavy atom. The minimum absolute atomic E-state index is 0.113. The number of amides is 1. The van der Waals surface area contributed by atoms with E-state index in [9.17, 15) is 4.79 Å². The van der Waals surface area contributed by atoms with Crippen molar-refractivity contribution in [2.75, 3.05) is 18.9 Å². The molecule has 0 unspecified atom stereocenters. The van der Waals surface area contributed by atoms with Crippen LogP contribution >= 0.6 is 0 Å². The van der Waals surface area contributed by atoms with E-state index in [1.807, 2.05) is 6.92 Å². The predicted molar refractivity (Wildman–Crippen MR) is 67.1 cm³/mol. The number of hydrogen-bond donors (Lipinski definition) is 2. The molecule has 1 aliphatic carbocycles. The van der Waals surface area contributed by atoms with E-state index >= 15 is 0 Å². The molecule has 0 aromatic heterocycles. The maximum Gasteiger partial charge on any atom is 0.255 e. The smallest absolute Gasteiger partial charge is 0.255 e. The van der Waals surface area contributed by atoms with E-state index in [1.165, 1.54) is 12.8 Å². The van der Waals surface area contributed by atoms with Crippen LogP contribution in [0.1, 0.15) is 30.1 Å². The Balaban J connectivity index is 2.13. The largest absolute Gasteiger partial charge is 0.492 e. The molecule has 0 radical (unpaired) electrons. The van der Waals surface area contributed by atoms with Gasteiger partial charge in [0, 0.05) is 18.3 Å². The summed E-state index contributed by atoms with van der Waals surface area (Å²) >= 11 is 0. The second-order valence-electron chi connectivity index (χ2n) is 4.37. The highest BCUT2D eigenvalue weighted by molar-refractivity contribution is 5.97. The number of nitrogens with one attached hydrogen (secondary N) is 1. The number of carbonyl (C=O) groups is 1. The van der Waals surface area contributed by atoms with Crippen molar-refractivity contribution in [3.05, 3.63) is 23.8 Å². The van der Waals surface area contributed by atoms with Gasteiger partial charge in [-0.1, -0.05) is 0 Å². The molecule has 0 spiro atoms. The third-order valence-electron chi connectivity index (χ3n) is 2.76. The Morgan fingerprint density at radius 2 is 2.29 bits per heavy atom. The van der Waals surface area contributed by atoms with E-state index < -0.39 is 0 Å². The van der Waals surface area contributed by atoms with Crippen LogP contribution in [-0.4, -0.2) is 19.1 Å². The summed E-state index contributed by atoms with van der Waals surface area (Å²) in [7, 11) is 0. The summed E-state index contributed by atoms with van der Waals surface area (Å²) in [5.41, 5.74) is 6.88. The Hall–Kier alpha value is -1.71. The summed E-state index contributed by atoms with van der Waals surface area (Å²) in [6.45, 7) is 3.17. The second kappa shape index (κ2) is 5.08. The van der Waals surface area contributed by atoms with Gasteiger partial charge in [-0.2, -0.15) is 0 Å². The van der Waals surface area contributed by atoms with E-state index in [-0.39, 0.29) is 5.91 Å². The Labute approximate surface area is 101 Å². The van der Waals surface area contributed by atoms with E-state index in [1.54, 1.807) is 18.2 Å². The molecule has 1 aliphatic rings. The summed E-state index contributed by atoms with van der Waals surface area (Å²) < 4.78 is 5.67. The zero-order valence-electron chi connectivity index (χ0n) is 10.0. The lowest BCUT2D eigenvalue weighted by Crippen LogP contribution is -2.23. The van der Waals surface area contributed by atoms with Gasteiger partial charge in [-0.15, -0.1) is 0 Å². The van der Waals surface area contributed by atoms with Crippen LogP contribution in [0.25, 0.3) is 0 Å². The first-order valence-corrected chi connectivity index (χ1v) is 6.01. The van der Waals surface area contributed by atoms with Crippen LogP contribution in [0.2, 0.25) is 0 Å². The SMILES string of the molecule is CCNC(=O)c1ccc(N)cc1OCC1CC1. The van der Waals surface area contributed by atoms with Gasteiger partial charge in [0.2, 0.25) is 0 Å². The van der Waals surface area contributed by atoms with Crippen LogP contribution in [0.4, 0.5) is 5.69 Å². The molecule has 0 bridgehead atoms. The van der Waals surface area contributed by atoms with E-state index in [0.717, 1.165) is 0 Å². The van der Waals surface area contributed by atoms with Gasteiger partial charge in [0.25, 0.3) is 5.91 Å². The van der Waals surface area contributed by atoms with Crippen LogP contribution in [0.3, 0.4) is 0 Å². The van der Waals surface area contributed by atoms with E-state index in [4.69, 9.17) is 10.5 Å². The second-order valence-corrected chi connectivity index (χ2v) is 4.37. The fraction of sp³-hybridized carbons (Fsp3) is 0.462. The molecule has 17 heavy (non-hydrogen) atoms. The lowest BCUT2D eigenvalue weighted by Gasteiger charge is -2.11. The van der Waals surface area contributed by atoms with Gasteiger partial charge in [-0.05, 0) is 37.8 Å². The maximum absolute atomic E-state index is 11.8. The Kier molecular flexibility index (Phi) is 3.52. The van der Waals surface area contributed by atoms with E-state index in [0.29, 0.717) is 36.1 Å². The molecule has 0 aliphatic heterocycles. The summed E-state index contributed by atoms with van der Waals surface area (Å²) in [6, 6.07) is 5.14. The predicted octanol–water partition coefficient (Wildman–Crippen LogP) is 1.81. The first-order chi connectivity index (χ1) is 8.20. The lowest BCUT2D eigenvalue weighted by atomic mass is 10.1. The molecule has 4 heteroatoms. The van der Waals surface area contributed by atoms with Crippen molar-refractivity contribution in [1.82, 2.24) is 5.32 Å². The molecule has 2 rings (SSSR count).